The smallest absolute Gasteiger partial charge is 0.257 e. The maximum atomic E-state index is 12.5. The zero-order chi connectivity index (χ0) is 17.4. The second kappa shape index (κ2) is 5.92. The molecule has 0 saturated carbocycles. The van der Waals surface area contributed by atoms with Crippen LogP contribution < -0.4 is 5.32 Å². The summed E-state index contributed by atoms with van der Waals surface area (Å²) in [6, 6.07) is 3.50. The van der Waals surface area contributed by atoms with Crippen molar-refractivity contribution < 1.29 is 9.90 Å². The van der Waals surface area contributed by atoms with Crippen molar-refractivity contribution in [2.45, 2.75) is 52.4 Å². The number of anilines is 1. The van der Waals surface area contributed by atoms with Crippen molar-refractivity contribution in [1.82, 2.24) is 10.2 Å². The number of nitrogens with zero attached hydrogens (tertiary/aromatic N) is 2. The number of carbonyl (C=O) groups is 1. The number of amides is 1. The van der Waals surface area contributed by atoms with Crippen LogP contribution in [0.1, 0.15) is 63.0 Å². The van der Waals surface area contributed by atoms with Crippen molar-refractivity contribution in [3.8, 4) is 5.75 Å². The molecule has 0 fully saturated rings. The Kier molecular flexibility index (Phi) is 4.48. The van der Waals surface area contributed by atoms with E-state index in [9.17, 15) is 9.90 Å². The Balaban J connectivity index is 2.53. The molecular formula is C17H23N3O2S. The van der Waals surface area contributed by atoms with Crippen molar-refractivity contribution >= 4 is 22.4 Å². The molecule has 124 valence electrons. The largest absolute Gasteiger partial charge is 0.507 e. The summed E-state index contributed by atoms with van der Waals surface area (Å²) in [6.07, 6.45) is 0. The number of aromatic hydroxyl groups is 1. The minimum Gasteiger partial charge on any atom is -0.507 e. The molecule has 1 heterocycles. The van der Waals surface area contributed by atoms with E-state index in [0.29, 0.717) is 10.7 Å². The van der Waals surface area contributed by atoms with Crippen LogP contribution in [0.3, 0.4) is 0 Å². The van der Waals surface area contributed by atoms with Gasteiger partial charge >= 0.3 is 0 Å². The molecule has 0 radical (unpaired) electrons. The number of phenolic OH excluding ortho intramolecular Hbond substituents is 1. The van der Waals surface area contributed by atoms with Crippen LogP contribution >= 0.6 is 11.3 Å². The van der Waals surface area contributed by atoms with Gasteiger partial charge < -0.3 is 5.11 Å². The molecule has 0 unspecified atom stereocenters. The molecule has 2 rings (SSSR count). The minimum atomic E-state index is -0.275. The van der Waals surface area contributed by atoms with E-state index in [1.54, 1.807) is 17.6 Å². The summed E-state index contributed by atoms with van der Waals surface area (Å²) < 4.78 is 0. The number of rotatable bonds is 2. The van der Waals surface area contributed by atoms with Crippen molar-refractivity contribution in [1.29, 1.82) is 0 Å². The van der Waals surface area contributed by atoms with E-state index in [2.05, 4.69) is 15.5 Å². The Morgan fingerprint density at radius 2 is 1.61 bits per heavy atom. The number of carbonyl (C=O) groups excluding carboxylic acids is 1. The Morgan fingerprint density at radius 3 is 2.00 bits per heavy atom. The van der Waals surface area contributed by atoms with Crippen molar-refractivity contribution in [2.24, 2.45) is 0 Å². The highest BCUT2D eigenvalue weighted by atomic mass is 32.1. The Bertz CT molecular complexity index is 675. The molecule has 0 saturated heterocycles. The van der Waals surface area contributed by atoms with Gasteiger partial charge in [0.15, 0.2) is 0 Å². The van der Waals surface area contributed by atoms with E-state index in [-0.39, 0.29) is 22.5 Å². The highest BCUT2D eigenvalue weighted by Crippen LogP contribution is 2.39. The molecule has 1 aromatic carbocycles. The molecule has 23 heavy (non-hydrogen) atoms. The fourth-order valence-electron chi connectivity index (χ4n) is 2.31. The zero-order valence-electron chi connectivity index (χ0n) is 14.4. The van der Waals surface area contributed by atoms with Crippen LogP contribution in [0.2, 0.25) is 0 Å². The van der Waals surface area contributed by atoms with Gasteiger partial charge in [0.1, 0.15) is 11.3 Å². The second-order valence-electron chi connectivity index (χ2n) is 7.62. The molecule has 0 aliphatic heterocycles. The van der Waals surface area contributed by atoms with Gasteiger partial charge in [-0.05, 0) is 23.0 Å². The molecule has 1 amide bonds. The zero-order valence-corrected chi connectivity index (χ0v) is 15.2. The Labute approximate surface area is 140 Å². The summed E-state index contributed by atoms with van der Waals surface area (Å²) in [4.78, 5) is 12.5. The van der Waals surface area contributed by atoms with Crippen molar-refractivity contribution in [3.63, 3.8) is 0 Å². The average molecular weight is 333 g/mol. The predicted octanol–water partition coefficient (Wildman–Crippen LogP) is 4.09. The van der Waals surface area contributed by atoms with Crippen LogP contribution in [0.15, 0.2) is 17.6 Å². The van der Waals surface area contributed by atoms with Crippen LogP contribution in [-0.4, -0.2) is 21.2 Å². The molecule has 0 bridgehead atoms. The molecule has 2 aromatic rings. The summed E-state index contributed by atoms with van der Waals surface area (Å²) in [5.41, 5.74) is 3.03. The third-order valence-electron chi connectivity index (χ3n) is 3.57. The third kappa shape index (κ3) is 3.88. The van der Waals surface area contributed by atoms with Crippen molar-refractivity contribution in [2.75, 3.05) is 5.32 Å². The van der Waals surface area contributed by atoms with Gasteiger partial charge in [-0.1, -0.05) is 52.9 Å². The second-order valence-corrected chi connectivity index (χ2v) is 8.45. The third-order valence-corrected chi connectivity index (χ3v) is 4.18. The first kappa shape index (κ1) is 17.4. The number of hydrogen-bond acceptors (Lipinski definition) is 5. The minimum absolute atomic E-state index is 0.252. The summed E-state index contributed by atoms with van der Waals surface area (Å²) in [7, 11) is 0. The van der Waals surface area contributed by atoms with Gasteiger partial charge in [0.2, 0.25) is 5.13 Å². The lowest BCUT2D eigenvalue weighted by Gasteiger charge is -2.28. The van der Waals surface area contributed by atoms with Gasteiger partial charge in [0.25, 0.3) is 5.91 Å². The Hall–Kier alpha value is -1.95. The number of nitrogens with one attached hydrogen (secondary N) is 1. The molecule has 0 aliphatic carbocycles. The van der Waals surface area contributed by atoms with Crippen LogP contribution in [-0.2, 0) is 10.8 Å². The molecule has 1 aromatic heterocycles. The number of aromatic nitrogens is 2. The van der Waals surface area contributed by atoms with E-state index in [1.165, 1.54) is 11.3 Å². The fraction of sp³-hybridized carbons (Fsp3) is 0.471. The molecule has 5 nitrogen and oxygen atoms in total. The first-order valence-corrected chi connectivity index (χ1v) is 8.33. The molecule has 0 atom stereocenters. The van der Waals surface area contributed by atoms with E-state index in [0.717, 1.165) is 11.1 Å². The van der Waals surface area contributed by atoms with Gasteiger partial charge in [-0.2, -0.15) is 0 Å². The van der Waals surface area contributed by atoms with Gasteiger partial charge in [-0.3, -0.25) is 10.1 Å². The van der Waals surface area contributed by atoms with Crippen molar-refractivity contribution in [3.05, 3.63) is 34.3 Å². The summed E-state index contributed by atoms with van der Waals surface area (Å²) in [5.74, 6) is 0.00946. The number of hydrogen-bond donors (Lipinski definition) is 2. The monoisotopic (exact) mass is 333 g/mol. The normalized spacial score (nSPS) is 12.3. The lowest BCUT2D eigenvalue weighted by molar-refractivity contribution is 0.102. The molecule has 6 heteroatoms. The quantitative estimate of drug-likeness (QED) is 0.868. The van der Waals surface area contributed by atoms with Crippen LogP contribution in [0.25, 0.3) is 0 Å². The van der Waals surface area contributed by atoms with E-state index in [1.807, 2.05) is 41.5 Å². The van der Waals surface area contributed by atoms with Crippen LogP contribution in [0.5, 0.6) is 5.75 Å². The summed E-state index contributed by atoms with van der Waals surface area (Å²) in [5, 5.41) is 21.4. The first-order chi connectivity index (χ1) is 10.5. The number of benzene rings is 1. The topological polar surface area (TPSA) is 75.1 Å². The summed E-state index contributed by atoms with van der Waals surface area (Å²) >= 11 is 1.27. The lowest BCUT2D eigenvalue weighted by atomic mass is 9.78. The molecule has 2 N–H and O–H groups in total. The average Bonchev–Trinajstić information content (AvgIpc) is 2.88. The highest BCUT2D eigenvalue weighted by Gasteiger charge is 2.27. The van der Waals surface area contributed by atoms with E-state index in [4.69, 9.17) is 0 Å². The molecular weight excluding hydrogens is 310 g/mol. The van der Waals surface area contributed by atoms with Gasteiger partial charge in [0.05, 0.1) is 0 Å². The molecule has 0 aliphatic rings. The first-order valence-electron chi connectivity index (χ1n) is 7.45. The SMILES string of the molecule is CC(C)(C)c1cc(C(=O)Nc2nncs2)cc(C(C)(C)C)c1O. The fourth-order valence-corrected chi connectivity index (χ4v) is 2.75. The van der Waals surface area contributed by atoms with Gasteiger partial charge in [-0.15, -0.1) is 10.2 Å². The highest BCUT2D eigenvalue weighted by molar-refractivity contribution is 7.13. The summed E-state index contributed by atoms with van der Waals surface area (Å²) in [6.45, 7) is 12.1. The van der Waals surface area contributed by atoms with E-state index >= 15 is 0 Å². The standard InChI is InChI=1S/C17H23N3O2S/c1-16(2,3)11-7-10(8-12(13(11)21)17(4,5)6)14(22)19-15-20-18-9-23-15/h7-9,21H,1-6H3,(H,19,20,22). The van der Waals surface area contributed by atoms with Gasteiger partial charge in [0, 0.05) is 16.7 Å². The predicted molar refractivity (Wildman–Crippen MR) is 93.4 cm³/mol. The maximum absolute atomic E-state index is 12.5. The lowest BCUT2D eigenvalue weighted by Crippen LogP contribution is -2.20. The Morgan fingerprint density at radius 1 is 1.09 bits per heavy atom. The maximum Gasteiger partial charge on any atom is 0.257 e. The van der Waals surface area contributed by atoms with Crippen LogP contribution in [0.4, 0.5) is 5.13 Å². The van der Waals surface area contributed by atoms with Crippen LogP contribution in [0, 0.1) is 0 Å². The molecule has 0 spiro atoms. The van der Waals surface area contributed by atoms with Gasteiger partial charge in [-0.25, -0.2) is 0 Å². The number of phenols is 1. The van der Waals surface area contributed by atoms with E-state index < -0.39 is 0 Å².